The van der Waals surface area contributed by atoms with Crippen LogP contribution in [-0.4, -0.2) is 40.3 Å². The number of carbonyl (C=O) groups is 1. The molecule has 1 unspecified atom stereocenters. The normalized spacial score (nSPS) is 21.4. The van der Waals surface area contributed by atoms with Gasteiger partial charge < -0.3 is 9.64 Å². The Hall–Kier alpha value is -2.34. The number of carbonyl (C=O) groups excluding carboxylic acids is 1. The number of aromatic nitrogens is 2. The molecule has 1 spiro atoms. The lowest BCUT2D eigenvalue weighted by molar-refractivity contribution is -0.132. The molecule has 6 nitrogen and oxygen atoms in total. The van der Waals surface area contributed by atoms with Crippen LogP contribution in [0, 0.1) is 13.8 Å². The van der Waals surface area contributed by atoms with Gasteiger partial charge in [-0.25, -0.2) is 0 Å². The topological polar surface area (TPSA) is 59.4 Å². The molecule has 2 aromatic rings. The summed E-state index contributed by atoms with van der Waals surface area (Å²) in [5.41, 5.74) is 4.02. The Balaban J connectivity index is 1.62. The van der Waals surface area contributed by atoms with Crippen LogP contribution >= 0.6 is 0 Å². The van der Waals surface area contributed by atoms with E-state index in [9.17, 15) is 4.79 Å². The number of amides is 1. The average molecular weight is 368 g/mol. The molecule has 1 aliphatic carbocycles. The van der Waals surface area contributed by atoms with Gasteiger partial charge in [-0.15, -0.1) is 0 Å². The number of aryl methyl sites for hydroxylation is 1. The summed E-state index contributed by atoms with van der Waals surface area (Å²) in [5.74, 6) is 1.08. The Morgan fingerprint density at radius 1 is 1.22 bits per heavy atom. The van der Waals surface area contributed by atoms with Crippen molar-refractivity contribution in [1.29, 1.82) is 0 Å². The molecule has 1 aromatic carbocycles. The standard InChI is InChI=1S/C21H28N4O2/c1-14-18(19-22-21(11-5-6-12-21)20(26)24(19)3)15(2)25(23-14)13-16-7-9-17(27-4)10-8-16/h7-10,19,22H,5-6,11-13H2,1-4H3. The van der Waals surface area contributed by atoms with Gasteiger partial charge in [-0.2, -0.15) is 5.10 Å². The van der Waals surface area contributed by atoms with Crippen LogP contribution in [0.3, 0.4) is 0 Å². The molecular weight excluding hydrogens is 340 g/mol. The Labute approximate surface area is 160 Å². The predicted molar refractivity (Wildman–Crippen MR) is 104 cm³/mol. The maximum absolute atomic E-state index is 12.9. The largest absolute Gasteiger partial charge is 0.497 e. The van der Waals surface area contributed by atoms with Crippen LogP contribution in [0.4, 0.5) is 0 Å². The molecule has 1 amide bonds. The molecule has 2 heterocycles. The number of likely N-dealkylation sites (N-methyl/N-ethyl adjacent to an activating group) is 1. The molecule has 1 N–H and O–H groups in total. The third-order valence-electron chi connectivity index (χ3n) is 6.19. The zero-order chi connectivity index (χ0) is 19.2. The quantitative estimate of drug-likeness (QED) is 0.901. The van der Waals surface area contributed by atoms with E-state index in [1.165, 1.54) is 5.56 Å². The third-order valence-corrected chi connectivity index (χ3v) is 6.19. The van der Waals surface area contributed by atoms with E-state index < -0.39 is 0 Å². The molecule has 144 valence electrons. The minimum absolute atomic E-state index is 0.0970. The van der Waals surface area contributed by atoms with Crippen molar-refractivity contribution >= 4 is 5.91 Å². The summed E-state index contributed by atoms with van der Waals surface area (Å²) in [5, 5.41) is 8.44. The van der Waals surface area contributed by atoms with E-state index in [1.807, 2.05) is 35.7 Å². The summed E-state index contributed by atoms with van der Waals surface area (Å²) in [6.07, 6.45) is 4.01. The zero-order valence-electron chi connectivity index (χ0n) is 16.6. The molecule has 27 heavy (non-hydrogen) atoms. The predicted octanol–water partition coefficient (Wildman–Crippen LogP) is 2.93. The van der Waals surface area contributed by atoms with Gasteiger partial charge in [0.1, 0.15) is 11.9 Å². The number of benzene rings is 1. The van der Waals surface area contributed by atoms with Crippen LogP contribution in [0.15, 0.2) is 24.3 Å². The maximum Gasteiger partial charge on any atom is 0.244 e. The summed E-state index contributed by atoms with van der Waals surface area (Å²) in [4.78, 5) is 14.8. The van der Waals surface area contributed by atoms with Gasteiger partial charge in [-0.05, 0) is 44.4 Å². The fourth-order valence-corrected chi connectivity index (χ4v) is 4.64. The number of nitrogens with zero attached hydrogens (tertiary/aromatic N) is 3. The van der Waals surface area contributed by atoms with Crippen molar-refractivity contribution in [3.05, 3.63) is 46.8 Å². The first kappa shape index (κ1) is 18.0. The molecule has 1 saturated carbocycles. The van der Waals surface area contributed by atoms with Crippen molar-refractivity contribution in [3.63, 3.8) is 0 Å². The van der Waals surface area contributed by atoms with Gasteiger partial charge in [-0.1, -0.05) is 25.0 Å². The van der Waals surface area contributed by atoms with E-state index in [2.05, 4.69) is 24.4 Å². The van der Waals surface area contributed by atoms with Crippen molar-refractivity contribution in [3.8, 4) is 5.75 Å². The second-order valence-corrected chi connectivity index (χ2v) is 7.84. The number of hydrogen-bond donors (Lipinski definition) is 1. The number of hydrogen-bond acceptors (Lipinski definition) is 4. The minimum Gasteiger partial charge on any atom is -0.497 e. The molecule has 6 heteroatoms. The average Bonchev–Trinajstić information content (AvgIpc) is 3.31. The Kier molecular flexibility index (Phi) is 4.46. The van der Waals surface area contributed by atoms with Crippen molar-refractivity contribution in [1.82, 2.24) is 20.0 Å². The maximum atomic E-state index is 12.9. The van der Waals surface area contributed by atoms with Gasteiger partial charge in [-0.3, -0.25) is 14.8 Å². The van der Waals surface area contributed by atoms with Crippen LogP contribution in [0.1, 0.15) is 54.4 Å². The van der Waals surface area contributed by atoms with E-state index >= 15 is 0 Å². The third kappa shape index (κ3) is 2.92. The molecule has 1 atom stereocenters. The monoisotopic (exact) mass is 368 g/mol. The van der Waals surface area contributed by atoms with E-state index in [-0.39, 0.29) is 17.6 Å². The lowest BCUT2D eigenvalue weighted by Crippen LogP contribution is -2.43. The summed E-state index contributed by atoms with van der Waals surface area (Å²) in [6.45, 7) is 4.83. The molecule has 2 aliphatic rings. The fourth-order valence-electron chi connectivity index (χ4n) is 4.64. The van der Waals surface area contributed by atoms with Gasteiger partial charge in [0, 0.05) is 18.3 Å². The van der Waals surface area contributed by atoms with Gasteiger partial charge >= 0.3 is 0 Å². The van der Waals surface area contributed by atoms with Crippen LogP contribution in [-0.2, 0) is 11.3 Å². The number of ether oxygens (including phenoxy) is 1. The first-order chi connectivity index (χ1) is 12.9. The Morgan fingerprint density at radius 2 is 1.89 bits per heavy atom. The van der Waals surface area contributed by atoms with E-state index in [4.69, 9.17) is 9.84 Å². The number of nitrogens with one attached hydrogen (secondary N) is 1. The van der Waals surface area contributed by atoms with Crippen LogP contribution in [0.2, 0.25) is 0 Å². The van der Waals surface area contributed by atoms with E-state index in [0.717, 1.165) is 48.4 Å². The smallest absolute Gasteiger partial charge is 0.244 e. The van der Waals surface area contributed by atoms with Crippen molar-refractivity contribution < 1.29 is 9.53 Å². The highest BCUT2D eigenvalue weighted by molar-refractivity contribution is 5.89. The van der Waals surface area contributed by atoms with Gasteiger partial charge in [0.25, 0.3) is 0 Å². The van der Waals surface area contributed by atoms with Crippen LogP contribution < -0.4 is 10.1 Å². The zero-order valence-corrected chi connectivity index (χ0v) is 16.6. The van der Waals surface area contributed by atoms with Gasteiger partial charge in [0.05, 0.1) is 24.9 Å². The SMILES string of the molecule is COc1ccc(Cn2nc(C)c(C3NC4(CCCC4)C(=O)N3C)c2C)cc1. The van der Waals surface area contributed by atoms with Crippen molar-refractivity contribution in [2.24, 2.45) is 0 Å². The van der Waals surface area contributed by atoms with Gasteiger partial charge in [0.2, 0.25) is 5.91 Å². The van der Waals surface area contributed by atoms with E-state index in [0.29, 0.717) is 6.54 Å². The molecule has 0 bridgehead atoms. The molecular formula is C21H28N4O2. The molecule has 1 aliphatic heterocycles. The highest BCUT2D eigenvalue weighted by Gasteiger charge is 2.52. The first-order valence-electron chi connectivity index (χ1n) is 9.67. The molecule has 1 saturated heterocycles. The Morgan fingerprint density at radius 3 is 2.52 bits per heavy atom. The van der Waals surface area contributed by atoms with E-state index in [1.54, 1.807) is 7.11 Å². The first-order valence-corrected chi connectivity index (χ1v) is 9.67. The second kappa shape index (κ2) is 6.68. The highest BCUT2D eigenvalue weighted by Crippen LogP contribution is 2.41. The molecule has 1 aromatic heterocycles. The van der Waals surface area contributed by atoms with Gasteiger partial charge in [0.15, 0.2) is 0 Å². The van der Waals surface area contributed by atoms with Crippen molar-refractivity contribution in [2.75, 3.05) is 14.2 Å². The highest BCUT2D eigenvalue weighted by atomic mass is 16.5. The second-order valence-electron chi connectivity index (χ2n) is 7.84. The summed E-state index contributed by atoms with van der Waals surface area (Å²) in [7, 11) is 3.58. The van der Waals surface area contributed by atoms with Crippen LogP contribution in [0.25, 0.3) is 0 Å². The summed E-state index contributed by atoms with van der Waals surface area (Å²) in [6, 6.07) is 8.06. The minimum atomic E-state index is -0.365. The Bertz CT molecular complexity index is 850. The lowest BCUT2D eigenvalue weighted by atomic mass is 9.98. The van der Waals surface area contributed by atoms with Crippen molar-refractivity contribution in [2.45, 2.75) is 57.8 Å². The summed E-state index contributed by atoms with van der Waals surface area (Å²) >= 11 is 0. The molecule has 0 radical (unpaired) electrons. The lowest BCUT2D eigenvalue weighted by Gasteiger charge is -2.21. The molecule has 4 rings (SSSR count). The van der Waals surface area contributed by atoms with Crippen LogP contribution in [0.5, 0.6) is 5.75 Å². The summed E-state index contributed by atoms with van der Waals surface area (Å²) < 4.78 is 7.27. The fraction of sp³-hybridized carbons (Fsp3) is 0.524. The number of rotatable bonds is 4. The molecule has 2 fully saturated rings. The number of methoxy groups -OCH3 is 1.